The Morgan fingerprint density at radius 2 is 2.04 bits per heavy atom. The summed E-state index contributed by atoms with van der Waals surface area (Å²) in [6.07, 6.45) is 0. The largest absolute Gasteiger partial charge is 0.484 e. The first kappa shape index (κ1) is 18.3. The van der Waals surface area contributed by atoms with Gasteiger partial charge in [0.1, 0.15) is 18.1 Å². The van der Waals surface area contributed by atoms with Gasteiger partial charge in [0.05, 0.1) is 10.2 Å². The van der Waals surface area contributed by atoms with Crippen molar-refractivity contribution in [1.82, 2.24) is 15.1 Å². The summed E-state index contributed by atoms with van der Waals surface area (Å²) in [7, 11) is 1.89. The first-order valence-corrected chi connectivity index (χ1v) is 8.98. The van der Waals surface area contributed by atoms with E-state index in [0.29, 0.717) is 12.3 Å². The number of aromatic nitrogens is 2. The topological polar surface area (TPSA) is 69.3 Å². The van der Waals surface area contributed by atoms with E-state index in [1.54, 1.807) is 16.8 Å². The van der Waals surface area contributed by atoms with Crippen molar-refractivity contribution in [1.29, 1.82) is 0 Å². The Balaban J connectivity index is 1.58. The van der Waals surface area contributed by atoms with Gasteiger partial charge in [0.2, 0.25) is 0 Å². The summed E-state index contributed by atoms with van der Waals surface area (Å²) in [6.45, 7) is 4.56. The average molecular weight is 418 g/mol. The lowest BCUT2D eigenvalue weighted by molar-refractivity contribution is 0.0919. The number of benzene rings is 1. The summed E-state index contributed by atoms with van der Waals surface area (Å²) in [5, 5.41) is 7.22. The lowest BCUT2D eigenvalue weighted by Gasteiger charge is -2.06. The van der Waals surface area contributed by atoms with Crippen LogP contribution in [0.5, 0.6) is 5.75 Å². The highest BCUT2D eigenvalue weighted by Gasteiger charge is 2.14. The third-order valence-corrected chi connectivity index (χ3v) is 4.83. The molecule has 0 aliphatic heterocycles. The molecule has 3 rings (SSSR count). The molecular formula is C19H20BrN3O3. The Hall–Kier alpha value is -2.54. The van der Waals surface area contributed by atoms with Crippen LogP contribution in [0.1, 0.15) is 33.3 Å². The van der Waals surface area contributed by atoms with Gasteiger partial charge >= 0.3 is 0 Å². The van der Waals surface area contributed by atoms with Gasteiger partial charge in [-0.05, 0) is 54.0 Å². The molecule has 0 aliphatic carbocycles. The van der Waals surface area contributed by atoms with Crippen molar-refractivity contribution >= 4 is 21.8 Å². The maximum atomic E-state index is 12.3. The number of amides is 1. The Morgan fingerprint density at radius 3 is 2.73 bits per heavy atom. The second-order valence-electron chi connectivity index (χ2n) is 5.94. The molecule has 26 heavy (non-hydrogen) atoms. The number of halogens is 1. The first-order chi connectivity index (χ1) is 12.5. The second kappa shape index (κ2) is 7.78. The maximum Gasteiger partial charge on any atom is 0.287 e. The molecule has 0 saturated carbocycles. The number of nitrogens with zero attached hydrogens (tertiary/aromatic N) is 2. The molecular weight excluding hydrogens is 398 g/mol. The van der Waals surface area contributed by atoms with Gasteiger partial charge in [-0.1, -0.05) is 12.1 Å². The summed E-state index contributed by atoms with van der Waals surface area (Å²) in [4.78, 5) is 12.3. The van der Waals surface area contributed by atoms with Crippen LogP contribution in [0.25, 0.3) is 0 Å². The van der Waals surface area contributed by atoms with Crippen LogP contribution in [-0.4, -0.2) is 15.7 Å². The van der Waals surface area contributed by atoms with E-state index < -0.39 is 0 Å². The van der Waals surface area contributed by atoms with Gasteiger partial charge in [0.25, 0.3) is 5.91 Å². The van der Waals surface area contributed by atoms with Crippen LogP contribution in [0.15, 0.2) is 45.3 Å². The number of nitrogens with one attached hydrogen (secondary N) is 1. The van der Waals surface area contributed by atoms with Gasteiger partial charge in [0.15, 0.2) is 5.76 Å². The van der Waals surface area contributed by atoms with E-state index in [1.165, 1.54) is 0 Å². The number of ether oxygens (including phenoxy) is 1. The zero-order chi connectivity index (χ0) is 18.7. The van der Waals surface area contributed by atoms with Gasteiger partial charge in [-0.25, -0.2) is 0 Å². The normalized spacial score (nSPS) is 10.8. The van der Waals surface area contributed by atoms with Crippen LogP contribution >= 0.6 is 15.9 Å². The number of para-hydroxylation sites is 1. The summed E-state index contributed by atoms with van der Waals surface area (Å²) in [5.41, 5.74) is 2.96. The molecule has 0 atom stereocenters. The Labute approximate surface area is 160 Å². The fourth-order valence-electron chi connectivity index (χ4n) is 2.62. The van der Waals surface area contributed by atoms with Gasteiger partial charge < -0.3 is 14.5 Å². The fourth-order valence-corrected chi connectivity index (χ4v) is 3.02. The summed E-state index contributed by atoms with van der Waals surface area (Å²) in [6, 6.07) is 11.0. The predicted octanol–water partition coefficient (Wildman–Crippen LogP) is 3.90. The standard InChI is InChI=1S/C19H20BrN3O3/c1-12-15(13(2)23(3)22-12)10-21-19(24)18-9-8-14(26-18)11-25-17-7-5-4-6-16(17)20/h4-9H,10-11H2,1-3H3,(H,21,24). The predicted molar refractivity (Wildman–Crippen MR) is 101 cm³/mol. The molecule has 7 heteroatoms. The van der Waals surface area contributed by atoms with Crippen molar-refractivity contribution < 1.29 is 13.9 Å². The molecule has 136 valence electrons. The van der Waals surface area contributed by atoms with Crippen LogP contribution < -0.4 is 10.1 Å². The lowest BCUT2D eigenvalue weighted by Crippen LogP contribution is -2.23. The van der Waals surface area contributed by atoms with Crippen LogP contribution in [0.3, 0.4) is 0 Å². The third-order valence-electron chi connectivity index (χ3n) is 4.18. The van der Waals surface area contributed by atoms with Crippen molar-refractivity contribution in [2.75, 3.05) is 0 Å². The van der Waals surface area contributed by atoms with Gasteiger partial charge in [-0.2, -0.15) is 5.10 Å². The van der Waals surface area contributed by atoms with E-state index in [4.69, 9.17) is 9.15 Å². The molecule has 0 saturated heterocycles. The molecule has 1 N–H and O–H groups in total. The van der Waals surface area contributed by atoms with E-state index in [2.05, 4.69) is 26.3 Å². The number of furan rings is 1. The monoisotopic (exact) mass is 417 g/mol. The van der Waals surface area contributed by atoms with Crippen molar-refractivity contribution in [3.05, 3.63) is 69.3 Å². The van der Waals surface area contributed by atoms with Crippen molar-refractivity contribution in [2.45, 2.75) is 27.0 Å². The molecule has 0 unspecified atom stereocenters. The lowest BCUT2D eigenvalue weighted by atomic mass is 10.2. The fraction of sp³-hybridized carbons (Fsp3) is 0.263. The van der Waals surface area contributed by atoms with Crippen molar-refractivity contribution in [2.24, 2.45) is 7.05 Å². The molecule has 0 radical (unpaired) electrons. The quantitative estimate of drug-likeness (QED) is 0.659. The zero-order valence-electron chi connectivity index (χ0n) is 14.9. The van der Waals surface area contributed by atoms with Gasteiger partial charge in [0, 0.05) is 24.8 Å². The third kappa shape index (κ3) is 3.99. The van der Waals surface area contributed by atoms with Crippen LogP contribution in [0.4, 0.5) is 0 Å². The summed E-state index contributed by atoms with van der Waals surface area (Å²) >= 11 is 3.43. The number of hydrogen-bond donors (Lipinski definition) is 1. The maximum absolute atomic E-state index is 12.3. The van der Waals surface area contributed by atoms with E-state index >= 15 is 0 Å². The van der Waals surface area contributed by atoms with Gasteiger partial charge in [-0.3, -0.25) is 9.48 Å². The highest BCUT2D eigenvalue weighted by molar-refractivity contribution is 9.10. The second-order valence-corrected chi connectivity index (χ2v) is 6.80. The number of carbonyl (C=O) groups is 1. The summed E-state index contributed by atoms with van der Waals surface area (Å²) < 4.78 is 14.0. The number of carbonyl (C=O) groups excluding carboxylic acids is 1. The average Bonchev–Trinajstić information content (AvgIpc) is 3.18. The number of aryl methyl sites for hydroxylation is 2. The van der Waals surface area contributed by atoms with Gasteiger partial charge in [-0.15, -0.1) is 0 Å². The number of rotatable bonds is 6. The van der Waals surface area contributed by atoms with Crippen LogP contribution in [0, 0.1) is 13.8 Å². The minimum Gasteiger partial charge on any atom is -0.484 e. The van der Waals surface area contributed by atoms with Crippen molar-refractivity contribution in [3.8, 4) is 5.75 Å². The molecule has 6 nitrogen and oxygen atoms in total. The highest BCUT2D eigenvalue weighted by atomic mass is 79.9. The molecule has 0 aliphatic rings. The highest BCUT2D eigenvalue weighted by Crippen LogP contribution is 2.25. The molecule has 2 heterocycles. The van der Waals surface area contributed by atoms with Crippen LogP contribution in [-0.2, 0) is 20.2 Å². The molecule has 0 fully saturated rings. The molecule has 2 aromatic heterocycles. The summed E-state index contributed by atoms with van der Waals surface area (Å²) in [5.74, 6) is 1.30. The molecule has 1 amide bonds. The van der Waals surface area contributed by atoms with Crippen LogP contribution in [0.2, 0.25) is 0 Å². The minimum atomic E-state index is -0.264. The van der Waals surface area contributed by atoms with Crippen molar-refractivity contribution in [3.63, 3.8) is 0 Å². The molecule has 0 bridgehead atoms. The SMILES string of the molecule is Cc1nn(C)c(C)c1CNC(=O)c1ccc(COc2ccccc2Br)o1. The Morgan fingerprint density at radius 1 is 1.27 bits per heavy atom. The molecule has 1 aromatic carbocycles. The van der Waals surface area contributed by atoms with E-state index in [9.17, 15) is 4.79 Å². The number of hydrogen-bond acceptors (Lipinski definition) is 4. The minimum absolute atomic E-state index is 0.247. The zero-order valence-corrected chi connectivity index (χ0v) is 16.5. The smallest absolute Gasteiger partial charge is 0.287 e. The molecule has 3 aromatic rings. The molecule has 0 spiro atoms. The van der Waals surface area contributed by atoms with E-state index in [0.717, 1.165) is 27.2 Å². The Kier molecular flexibility index (Phi) is 5.46. The first-order valence-electron chi connectivity index (χ1n) is 8.19. The van der Waals surface area contributed by atoms with E-state index in [1.807, 2.05) is 45.2 Å². The Bertz CT molecular complexity index is 930. The van der Waals surface area contributed by atoms with E-state index in [-0.39, 0.29) is 18.3 Å².